The lowest BCUT2D eigenvalue weighted by Gasteiger charge is -2.24. The summed E-state index contributed by atoms with van der Waals surface area (Å²) in [6, 6.07) is 7.92. The van der Waals surface area contributed by atoms with E-state index >= 15 is 0 Å². The molecule has 0 spiro atoms. The van der Waals surface area contributed by atoms with Crippen molar-refractivity contribution in [1.29, 1.82) is 0 Å². The maximum Gasteiger partial charge on any atom is 0.149 e. The largest absolute Gasteiger partial charge is 0.475 e. The van der Waals surface area contributed by atoms with Crippen molar-refractivity contribution in [3.63, 3.8) is 0 Å². The predicted molar refractivity (Wildman–Crippen MR) is 61.8 cm³/mol. The van der Waals surface area contributed by atoms with Crippen LogP contribution in [0.5, 0.6) is 5.75 Å². The van der Waals surface area contributed by atoms with E-state index in [-0.39, 0.29) is 6.23 Å². The van der Waals surface area contributed by atoms with Crippen LogP contribution in [-0.2, 0) is 0 Å². The lowest BCUT2D eigenvalue weighted by atomic mass is 10.2. The van der Waals surface area contributed by atoms with Crippen molar-refractivity contribution >= 4 is 0 Å². The number of hydrogen-bond acceptors (Lipinski definition) is 2. The van der Waals surface area contributed by atoms with Gasteiger partial charge in [-0.15, -0.1) is 0 Å². The molecule has 0 amide bonds. The lowest BCUT2D eigenvalue weighted by molar-refractivity contribution is 0.0592. The molecular formula is C13H18NO. The molecule has 1 aromatic rings. The highest BCUT2D eigenvalue weighted by atomic mass is 16.5. The van der Waals surface area contributed by atoms with Crippen molar-refractivity contribution in [2.75, 3.05) is 13.1 Å². The fourth-order valence-corrected chi connectivity index (χ4v) is 1.94. The van der Waals surface area contributed by atoms with Gasteiger partial charge in [0.25, 0.3) is 0 Å². The third kappa shape index (κ3) is 2.72. The van der Waals surface area contributed by atoms with Gasteiger partial charge in [0.2, 0.25) is 0 Å². The second kappa shape index (κ2) is 4.67. The van der Waals surface area contributed by atoms with Crippen LogP contribution in [0.2, 0.25) is 0 Å². The van der Waals surface area contributed by atoms with Crippen molar-refractivity contribution in [1.82, 2.24) is 4.90 Å². The molecule has 0 saturated carbocycles. The quantitative estimate of drug-likeness (QED) is 0.750. The number of likely N-dealkylation sites (tertiary alicyclic amines) is 1. The zero-order valence-electron chi connectivity index (χ0n) is 9.28. The minimum Gasteiger partial charge on any atom is -0.475 e. The van der Waals surface area contributed by atoms with Crippen LogP contribution in [0.1, 0.15) is 25.3 Å². The van der Waals surface area contributed by atoms with Crippen LogP contribution in [0.3, 0.4) is 0 Å². The normalized spacial score (nSPS) is 19.1. The summed E-state index contributed by atoms with van der Waals surface area (Å²) in [5.41, 5.74) is 1.02. The van der Waals surface area contributed by atoms with E-state index in [0.717, 1.165) is 24.4 Å². The fraction of sp³-hybridized carbons (Fsp3) is 0.462. The average Bonchev–Trinajstić information content (AvgIpc) is 2.74. The predicted octanol–water partition coefficient (Wildman–Crippen LogP) is 2.69. The molecule has 1 unspecified atom stereocenters. The van der Waals surface area contributed by atoms with Crippen molar-refractivity contribution in [3.8, 4) is 5.75 Å². The molecule has 1 atom stereocenters. The van der Waals surface area contributed by atoms with Crippen molar-refractivity contribution < 1.29 is 4.74 Å². The van der Waals surface area contributed by atoms with E-state index in [2.05, 4.69) is 18.7 Å². The summed E-state index contributed by atoms with van der Waals surface area (Å²) in [6.45, 7) is 8.29. The van der Waals surface area contributed by atoms with Crippen LogP contribution >= 0.6 is 0 Å². The first kappa shape index (κ1) is 10.5. The Balaban J connectivity index is 1.92. The first-order chi connectivity index (χ1) is 7.25. The van der Waals surface area contributed by atoms with Crippen molar-refractivity contribution in [2.24, 2.45) is 0 Å². The van der Waals surface area contributed by atoms with E-state index in [1.165, 1.54) is 12.8 Å². The molecule has 1 heterocycles. The van der Waals surface area contributed by atoms with E-state index in [1.807, 2.05) is 24.3 Å². The summed E-state index contributed by atoms with van der Waals surface area (Å²) in [5.74, 6) is 0.932. The summed E-state index contributed by atoms with van der Waals surface area (Å²) in [5, 5.41) is 0. The first-order valence-corrected chi connectivity index (χ1v) is 5.58. The maximum atomic E-state index is 5.85. The van der Waals surface area contributed by atoms with E-state index < -0.39 is 0 Å². The van der Waals surface area contributed by atoms with Gasteiger partial charge in [-0.1, -0.05) is 12.1 Å². The van der Waals surface area contributed by atoms with E-state index in [0.29, 0.717) is 0 Å². The molecule has 1 aromatic carbocycles. The zero-order valence-corrected chi connectivity index (χ0v) is 9.28. The number of ether oxygens (including phenoxy) is 1. The topological polar surface area (TPSA) is 12.5 Å². The van der Waals surface area contributed by atoms with Gasteiger partial charge in [0.05, 0.1) is 0 Å². The second-order valence-electron chi connectivity index (χ2n) is 4.10. The number of rotatable bonds is 3. The molecule has 1 aliphatic heterocycles. The van der Waals surface area contributed by atoms with Crippen LogP contribution in [0.25, 0.3) is 0 Å². The van der Waals surface area contributed by atoms with Crippen molar-refractivity contribution in [3.05, 3.63) is 36.8 Å². The Labute approximate surface area is 91.9 Å². The maximum absolute atomic E-state index is 5.85. The van der Waals surface area contributed by atoms with Gasteiger partial charge in [-0.25, -0.2) is 0 Å². The van der Waals surface area contributed by atoms with Crippen LogP contribution in [0, 0.1) is 6.92 Å². The van der Waals surface area contributed by atoms with Crippen LogP contribution in [0.4, 0.5) is 0 Å². The Morgan fingerprint density at radius 2 is 1.80 bits per heavy atom. The molecule has 0 aliphatic carbocycles. The smallest absolute Gasteiger partial charge is 0.149 e. The van der Waals surface area contributed by atoms with Gasteiger partial charge in [-0.2, -0.15) is 0 Å². The highest BCUT2D eigenvalue weighted by molar-refractivity contribution is 5.28. The SMILES string of the molecule is [CH2]c1ccc(OC(C)N2CCCC2)cc1. The minimum atomic E-state index is 0.183. The summed E-state index contributed by atoms with van der Waals surface area (Å²) in [4.78, 5) is 2.37. The van der Waals surface area contributed by atoms with Gasteiger partial charge in [-0.05, 0) is 44.4 Å². The monoisotopic (exact) mass is 204 g/mol. The summed E-state index contributed by atoms with van der Waals surface area (Å²) < 4.78 is 5.85. The second-order valence-corrected chi connectivity index (χ2v) is 4.10. The number of benzene rings is 1. The Kier molecular flexibility index (Phi) is 3.27. The minimum absolute atomic E-state index is 0.183. The Bertz CT molecular complexity index is 301. The molecule has 1 fully saturated rings. The summed E-state index contributed by atoms with van der Waals surface area (Å²) in [6.07, 6.45) is 2.78. The fourth-order valence-electron chi connectivity index (χ4n) is 1.94. The molecule has 0 N–H and O–H groups in total. The third-order valence-electron chi connectivity index (χ3n) is 2.88. The highest BCUT2D eigenvalue weighted by Crippen LogP contribution is 2.17. The van der Waals surface area contributed by atoms with Crippen LogP contribution in [0.15, 0.2) is 24.3 Å². The molecule has 0 aromatic heterocycles. The van der Waals surface area contributed by atoms with E-state index in [4.69, 9.17) is 4.74 Å². The van der Waals surface area contributed by atoms with Gasteiger partial charge in [-0.3, -0.25) is 4.90 Å². The van der Waals surface area contributed by atoms with Gasteiger partial charge < -0.3 is 4.74 Å². The average molecular weight is 204 g/mol. The molecule has 1 aliphatic rings. The number of hydrogen-bond donors (Lipinski definition) is 0. The Morgan fingerprint density at radius 3 is 2.40 bits per heavy atom. The van der Waals surface area contributed by atoms with E-state index in [1.54, 1.807) is 0 Å². The van der Waals surface area contributed by atoms with Gasteiger partial charge in [0.15, 0.2) is 0 Å². The number of nitrogens with zero attached hydrogens (tertiary/aromatic N) is 1. The molecule has 1 radical (unpaired) electrons. The van der Waals surface area contributed by atoms with Crippen LogP contribution in [-0.4, -0.2) is 24.2 Å². The van der Waals surface area contributed by atoms with Gasteiger partial charge >= 0.3 is 0 Å². The molecule has 0 bridgehead atoms. The third-order valence-corrected chi connectivity index (χ3v) is 2.88. The molecule has 2 heteroatoms. The van der Waals surface area contributed by atoms with E-state index in [9.17, 15) is 0 Å². The molecule has 1 saturated heterocycles. The van der Waals surface area contributed by atoms with Crippen LogP contribution < -0.4 is 4.74 Å². The Hall–Kier alpha value is -1.02. The zero-order chi connectivity index (χ0) is 10.7. The highest BCUT2D eigenvalue weighted by Gasteiger charge is 2.18. The van der Waals surface area contributed by atoms with Gasteiger partial charge in [0, 0.05) is 13.1 Å². The Morgan fingerprint density at radius 1 is 1.20 bits per heavy atom. The molecule has 81 valence electrons. The lowest BCUT2D eigenvalue weighted by Crippen LogP contribution is -2.34. The molecular weight excluding hydrogens is 186 g/mol. The summed E-state index contributed by atoms with van der Waals surface area (Å²) >= 11 is 0. The van der Waals surface area contributed by atoms with Gasteiger partial charge in [0.1, 0.15) is 12.0 Å². The first-order valence-electron chi connectivity index (χ1n) is 5.58. The molecule has 2 nitrogen and oxygen atoms in total. The summed E-state index contributed by atoms with van der Waals surface area (Å²) in [7, 11) is 0. The molecule has 15 heavy (non-hydrogen) atoms. The standard InChI is InChI=1S/C13H18NO/c1-11-5-7-13(8-6-11)15-12(2)14-9-3-4-10-14/h5-8,12H,1,3-4,9-10H2,2H3. The molecule has 2 rings (SSSR count). The van der Waals surface area contributed by atoms with Crippen molar-refractivity contribution in [2.45, 2.75) is 26.0 Å².